The molecular weight excluding hydrogens is 486 g/mol. The summed E-state index contributed by atoms with van der Waals surface area (Å²) < 4.78 is 11.6. The molecule has 0 aromatic heterocycles. The van der Waals surface area contributed by atoms with E-state index in [1.807, 2.05) is 61.5 Å². The Hall–Kier alpha value is -2.26. The number of hydrogen-bond donors (Lipinski definition) is 4. The molecule has 1 heterocycles. The molecule has 0 amide bonds. The number of hydrogen-bond acceptors (Lipinski definition) is 7. The van der Waals surface area contributed by atoms with Crippen LogP contribution in [0.4, 0.5) is 5.69 Å². The van der Waals surface area contributed by atoms with Gasteiger partial charge < -0.3 is 30.5 Å². The maximum Gasteiger partial charge on any atom is 0.119 e. The smallest absolute Gasteiger partial charge is 0.119 e. The van der Waals surface area contributed by atoms with E-state index in [-0.39, 0.29) is 0 Å². The first-order chi connectivity index (χ1) is 16.9. The average molecular weight is 516 g/mol. The van der Waals surface area contributed by atoms with Gasteiger partial charge in [0.25, 0.3) is 0 Å². The zero-order chi connectivity index (χ0) is 24.9. The normalized spacial score (nSPS) is 24.3. The van der Waals surface area contributed by atoms with E-state index >= 15 is 0 Å². The molecule has 5 atom stereocenters. The second-order valence-electron chi connectivity index (χ2n) is 8.55. The van der Waals surface area contributed by atoms with Crippen molar-refractivity contribution in [1.29, 1.82) is 0 Å². The van der Waals surface area contributed by atoms with E-state index in [2.05, 4.69) is 0 Å². The van der Waals surface area contributed by atoms with Gasteiger partial charge in [0.2, 0.25) is 0 Å². The molecule has 6 nitrogen and oxygen atoms in total. The van der Waals surface area contributed by atoms with Crippen LogP contribution in [-0.4, -0.2) is 52.1 Å². The first-order valence-electron chi connectivity index (χ1n) is 11.5. The molecule has 3 aromatic carbocycles. The van der Waals surface area contributed by atoms with E-state index in [1.54, 1.807) is 12.1 Å². The molecule has 0 unspecified atom stereocenters. The fourth-order valence-corrected chi connectivity index (χ4v) is 5.25. The molecule has 3 aromatic rings. The maximum atomic E-state index is 10.7. The van der Waals surface area contributed by atoms with Crippen LogP contribution in [0.1, 0.15) is 29.7 Å². The highest BCUT2D eigenvalue weighted by atomic mass is 35.5. The van der Waals surface area contributed by atoms with Crippen LogP contribution in [0.5, 0.6) is 5.75 Å². The summed E-state index contributed by atoms with van der Waals surface area (Å²) in [6, 6.07) is 20.7. The fourth-order valence-electron chi connectivity index (χ4n) is 4.10. The molecule has 1 aliphatic rings. The molecule has 1 fully saturated rings. The van der Waals surface area contributed by atoms with Crippen LogP contribution < -0.4 is 10.5 Å². The zero-order valence-electron chi connectivity index (χ0n) is 19.4. The third kappa shape index (κ3) is 6.30. The second kappa shape index (κ2) is 11.6. The van der Waals surface area contributed by atoms with E-state index < -0.39 is 30.5 Å². The highest BCUT2D eigenvalue weighted by Crippen LogP contribution is 2.36. The van der Waals surface area contributed by atoms with Gasteiger partial charge in [0.1, 0.15) is 30.2 Å². The van der Waals surface area contributed by atoms with Crippen molar-refractivity contribution in [1.82, 2.24) is 0 Å². The van der Waals surface area contributed by atoms with E-state index in [9.17, 15) is 15.3 Å². The third-order valence-corrected chi connectivity index (χ3v) is 7.50. The predicted octanol–water partition coefficient (Wildman–Crippen LogP) is 4.23. The molecule has 0 bridgehead atoms. The van der Waals surface area contributed by atoms with Crippen molar-refractivity contribution in [2.75, 3.05) is 18.1 Å². The van der Waals surface area contributed by atoms with Crippen molar-refractivity contribution in [2.45, 2.75) is 48.8 Å². The van der Waals surface area contributed by atoms with Crippen LogP contribution in [0.15, 0.2) is 71.6 Å². The predicted molar refractivity (Wildman–Crippen MR) is 139 cm³/mol. The summed E-state index contributed by atoms with van der Waals surface area (Å²) in [5.41, 5.74) is 9.04. The van der Waals surface area contributed by atoms with Gasteiger partial charge in [-0.1, -0.05) is 35.9 Å². The summed E-state index contributed by atoms with van der Waals surface area (Å²) in [5, 5.41) is 32.4. The average Bonchev–Trinajstić information content (AvgIpc) is 2.86. The Morgan fingerprint density at radius 2 is 1.66 bits per heavy atom. The summed E-state index contributed by atoms with van der Waals surface area (Å²) in [6.07, 6.45) is -4.71. The van der Waals surface area contributed by atoms with Crippen molar-refractivity contribution in [3.05, 3.63) is 88.4 Å². The number of ether oxygens (including phenoxy) is 2. The van der Waals surface area contributed by atoms with Crippen LogP contribution in [0, 0.1) is 0 Å². The molecule has 8 heteroatoms. The third-order valence-electron chi connectivity index (χ3n) is 6.03. The van der Waals surface area contributed by atoms with E-state index in [0.717, 1.165) is 21.8 Å². The molecule has 0 radical (unpaired) electrons. The first-order valence-corrected chi connectivity index (χ1v) is 12.9. The van der Waals surface area contributed by atoms with E-state index in [4.69, 9.17) is 26.8 Å². The number of nitrogens with two attached hydrogens (primary N) is 1. The SMILES string of the molecule is CCOc1ccc(Cc2cc([C@@H]3O[C@H](CSc4ccc(N)cc4)[C@@H](O)[C@H](O)[C@H]3O)ccc2Cl)cc1. The Kier molecular flexibility index (Phi) is 8.59. The van der Waals surface area contributed by atoms with Gasteiger partial charge in [-0.25, -0.2) is 0 Å². The highest BCUT2D eigenvalue weighted by Gasteiger charge is 2.44. The lowest BCUT2D eigenvalue weighted by Crippen LogP contribution is -2.54. The van der Waals surface area contributed by atoms with Crippen LogP contribution in [0.3, 0.4) is 0 Å². The summed E-state index contributed by atoms with van der Waals surface area (Å²) in [7, 11) is 0. The zero-order valence-corrected chi connectivity index (χ0v) is 21.0. The van der Waals surface area contributed by atoms with Crippen molar-refractivity contribution in [3.8, 4) is 5.75 Å². The molecular formula is C27H30ClNO5S. The topological polar surface area (TPSA) is 105 Å². The Morgan fingerprint density at radius 1 is 0.943 bits per heavy atom. The molecule has 35 heavy (non-hydrogen) atoms. The van der Waals surface area contributed by atoms with Crippen LogP contribution in [-0.2, 0) is 11.2 Å². The Morgan fingerprint density at radius 3 is 2.34 bits per heavy atom. The molecule has 0 aliphatic carbocycles. The first kappa shape index (κ1) is 25.8. The molecule has 0 spiro atoms. The number of rotatable bonds is 8. The van der Waals surface area contributed by atoms with Crippen molar-refractivity contribution in [3.63, 3.8) is 0 Å². The lowest BCUT2D eigenvalue weighted by atomic mass is 9.90. The molecule has 4 rings (SSSR count). The number of benzene rings is 3. The van der Waals surface area contributed by atoms with E-state index in [0.29, 0.717) is 35.1 Å². The maximum absolute atomic E-state index is 10.7. The molecule has 1 saturated heterocycles. The summed E-state index contributed by atoms with van der Waals surface area (Å²) >= 11 is 7.97. The molecule has 186 valence electrons. The van der Waals surface area contributed by atoms with Gasteiger partial charge in [0.15, 0.2) is 0 Å². The number of nitrogen functional groups attached to an aromatic ring is 1. The van der Waals surface area contributed by atoms with Crippen LogP contribution >= 0.6 is 23.4 Å². The van der Waals surface area contributed by atoms with Crippen molar-refractivity contribution >= 4 is 29.1 Å². The molecule has 1 aliphatic heterocycles. The van der Waals surface area contributed by atoms with Gasteiger partial charge in [-0.15, -0.1) is 11.8 Å². The number of thioether (sulfide) groups is 1. The number of aliphatic hydroxyl groups is 3. The summed E-state index contributed by atoms with van der Waals surface area (Å²) in [6.45, 7) is 2.55. The number of halogens is 1. The van der Waals surface area contributed by atoms with Gasteiger partial charge in [-0.05, 0) is 72.5 Å². The quantitative estimate of drug-likeness (QED) is 0.263. The minimum absolute atomic E-state index is 0.401. The highest BCUT2D eigenvalue weighted by molar-refractivity contribution is 7.99. The molecule has 0 saturated carbocycles. The second-order valence-corrected chi connectivity index (χ2v) is 10.1. The van der Waals surface area contributed by atoms with Gasteiger partial charge in [-0.2, -0.15) is 0 Å². The largest absolute Gasteiger partial charge is 0.494 e. The van der Waals surface area contributed by atoms with Gasteiger partial charge >= 0.3 is 0 Å². The Bertz CT molecular complexity index is 1110. The minimum atomic E-state index is -1.34. The lowest BCUT2D eigenvalue weighted by Gasteiger charge is -2.41. The molecule has 5 N–H and O–H groups in total. The Balaban J connectivity index is 1.50. The summed E-state index contributed by atoms with van der Waals surface area (Å²) in [5.74, 6) is 1.21. The Labute approximate surface area is 214 Å². The van der Waals surface area contributed by atoms with E-state index in [1.165, 1.54) is 11.8 Å². The number of anilines is 1. The minimum Gasteiger partial charge on any atom is -0.494 e. The van der Waals surface area contributed by atoms with Gasteiger partial charge in [-0.3, -0.25) is 0 Å². The number of aliphatic hydroxyl groups excluding tert-OH is 3. The van der Waals surface area contributed by atoms with Gasteiger partial charge in [0.05, 0.1) is 12.7 Å². The monoisotopic (exact) mass is 515 g/mol. The lowest BCUT2D eigenvalue weighted by molar-refractivity contribution is -0.218. The van der Waals surface area contributed by atoms with Crippen LogP contribution in [0.2, 0.25) is 5.02 Å². The van der Waals surface area contributed by atoms with Crippen LogP contribution in [0.25, 0.3) is 0 Å². The van der Waals surface area contributed by atoms with Gasteiger partial charge in [0, 0.05) is 21.4 Å². The van der Waals surface area contributed by atoms with Crippen molar-refractivity contribution in [2.24, 2.45) is 0 Å². The standard InChI is InChI=1S/C27H30ClNO5S/c1-2-33-20-8-3-16(4-9-20)13-18-14-17(5-12-22(18)28)27-26(32)25(31)24(30)23(34-27)15-35-21-10-6-19(29)7-11-21/h3-12,14,23-27,30-32H,2,13,15,29H2,1H3/t23-,24-,25+,26-,27+/m1/s1. The summed E-state index contributed by atoms with van der Waals surface area (Å²) in [4.78, 5) is 0.969. The van der Waals surface area contributed by atoms with Crippen molar-refractivity contribution < 1.29 is 24.8 Å². The fraction of sp³-hybridized carbons (Fsp3) is 0.333.